The highest BCUT2D eigenvalue weighted by molar-refractivity contribution is 6.31. The van der Waals surface area contributed by atoms with Gasteiger partial charge in [-0.25, -0.2) is 0 Å². The van der Waals surface area contributed by atoms with Crippen molar-refractivity contribution in [3.63, 3.8) is 0 Å². The SMILES string of the molecule is Cc1cc(OC(C)C(=O)NCCCCCC(=O)O)ccc1Cl. The molecular formula is C16H22ClNO4. The van der Waals surface area contributed by atoms with Crippen LogP contribution < -0.4 is 10.1 Å². The Morgan fingerprint density at radius 1 is 1.32 bits per heavy atom. The Morgan fingerprint density at radius 3 is 2.68 bits per heavy atom. The number of hydrogen-bond acceptors (Lipinski definition) is 3. The lowest BCUT2D eigenvalue weighted by Gasteiger charge is -2.15. The Labute approximate surface area is 135 Å². The Kier molecular flexibility index (Phi) is 7.74. The summed E-state index contributed by atoms with van der Waals surface area (Å²) in [6, 6.07) is 5.25. The average Bonchev–Trinajstić information content (AvgIpc) is 2.46. The van der Waals surface area contributed by atoms with E-state index in [9.17, 15) is 9.59 Å². The monoisotopic (exact) mass is 327 g/mol. The maximum Gasteiger partial charge on any atom is 0.303 e. The van der Waals surface area contributed by atoms with Crippen molar-refractivity contribution in [2.24, 2.45) is 0 Å². The summed E-state index contributed by atoms with van der Waals surface area (Å²) in [7, 11) is 0. The largest absolute Gasteiger partial charge is 0.481 e. The van der Waals surface area contributed by atoms with Crippen molar-refractivity contribution in [2.75, 3.05) is 6.54 Å². The van der Waals surface area contributed by atoms with E-state index in [-0.39, 0.29) is 12.3 Å². The van der Waals surface area contributed by atoms with Crippen LogP contribution in [0.25, 0.3) is 0 Å². The lowest BCUT2D eigenvalue weighted by Crippen LogP contribution is -2.36. The van der Waals surface area contributed by atoms with Gasteiger partial charge in [-0.15, -0.1) is 0 Å². The van der Waals surface area contributed by atoms with Gasteiger partial charge in [0, 0.05) is 18.0 Å². The predicted octanol–water partition coefficient (Wildman–Crippen LogP) is 3.18. The van der Waals surface area contributed by atoms with Gasteiger partial charge in [0.25, 0.3) is 5.91 Å². The zero-order valence-corrected chi connectivity index (χ0v) is 13.7. The number of nitrogens with one attached hydrogen (secondary N) is 1. The van der Waals surface area contributed by atoms with Crippen LogP contribution >= 0.6 is 11.6 Å². The third-order valence-corrected chi connectivity index (χ3v) is 3.60. The first-order valence-corrected chi connectivity index (χ1v) is 7.70. The quantitative estimate of drug-likeness (QED) is 0.683. The molecule has 0 saturated carbocycles. The molecule has 1 rings (SSSR count). The smallest absolute Gasteiger partial charge is 0.303 e. The van der Waals surface area contributed by atoms with Gasteiger partial charge in [0.1, 0.15) is 5.75 Å². The van der Waals surface area contributed by atoms with Gasteiger partial charge >= 0.3 is 5.97 Å². The molecule has 1 atom stereocenters. The van der Waals surface area contributed by atoms with Crippen LogP contribution in [0.5, 0.6) is 5.75 Å². The molecule has 22 heavy (non-hydrogen) atoms. The summed E-state index contributed by atoms with van der Waals surface area (Å²) in [5.74, 6) is -0.374. The minimum absolute atomic E-state index is 0.170. The zero-order chi connectivity index (χ0) is 16.5. The number of ether oxygens (including phenoxy) is 1. The van der Waals surface area contributed by atoms with E-state index in [4.69, 9.17) is 21.4 Å². The molecule has 0 saturated heterocycles. The molecule has 0 bridgehead atoms. The van der Waals surface area contributed by atoms with Crippen molar-refractivity contribution in [2.45, 2.75) is 45.6 Å². The van der Waals surface area contributed by atoms with Crippen LogP contribution in [-0.4, -0.2) is 29.6 Å². The summed E-state index contributed by atoms with van der Waals surface area (Å²) < 4.78 is 5.57. The first kappa shape index (κ1) is 18.3. The van der Waals surface area contributed by atoms with Crippen LogP contribution in [0, 0.1) is 6.92 Å². The molecule has 6 heteroatoms. The number of carboxylic acid groups (broad SMARTS) is 1. The van der Waals surface area contributed by atoms with Crippen LogP contribution in [-0.2, 0) is 9.59 Å². The highest BCUT2D eigenvalue weighted by atomic mass is 35.5. The third kappa shape index (κ3) is 6.80. The van der Waals surface area contributed by atoms with Gasteiger partial charge in [0.15, 0.2) is 6.10 Å². The van der Waals surface area contributed by atoms with E-state index < -0.39 is 12.1 Å². The maximum absolute atomic E-state index is 11.9. The Balaban J connectivity index is 2.27. The number of halogens is 1. The Hall–Kier alpha value is -1.75. The summed E-state index contributed by atoms with van der Waals surface area (Å²) >= 11 is 5.94. The standard InChI is InChI=1S/C16H22ClNO4/c1-11-10-13(7-8-14(11)17)22-12(2)16(21)18-9-5-3-4-6-15(19)20/h7-8,10,12H,3-6,9H2,1-2H3,(H,18,21)(H,19,20). The lowest BCUT2D eigenvalue weighted by atomic mass is 10.2. The first-order chi connectivity index (χ1) is 10.4. The molecule has 0 spiro atoms. The molecule has 0 aliphatic carbocycles. The number of carbonyl (C=O) groups is 2. The topological polar surface area (TPSA) is 75.6 Å². The second-order valence-corrected chi connectivity index (χ2v) is 5.57. The van der Waals surface area contributed by atoms with Crippen LogP contribution in [0.2, 0.25) is 5.02 Å². The summed E-state index contributed by atoms with van der Waals surface area (Å²) in [6.45, 7) is 4.08. The number of aliphatic carboxylic acids is 1. The third-order valence-electron chi connectivity index (χ3n) is 3.18. The van der Waals surface area contributed by atoms with Crippen molar-refractivity contribution in [1.29, 1.82) is 0 Å². The molecule has 1 aromatic rings. The van der Waals surface area contributed by atoms with Crippen LogP contribution in [0.1, 0.15) is 38.2 Å². The van der Waals surface area contributed by atoms with Gasteiger partial charge in [-0.2, -0.15) is 0 Å². The number of amides is 1. The van der Waals surface area contributed by atoms with Gasteiger partial charge in [0.2, 0.25) is 0 Å². The molecule has 0 aromatic heterocycles. The Morgan fingerprint density at radius 2 is 2.05 bits per heavy atom. The minimum Gasteiger partial charge on any atom is -0.481 e. The summed E-state index contributed by atoms with van der Waals surface area (Å²) in [5.41, 5.74) is 0.894. The number of rotatable bonds is 9. The molecule has 0 radical (unpaired) electrons. The normalized spacial score (nSPS) is 11.8. The van der Waals surface area contributed by atoms with Gasteiger partial charge in [-0.3, -0.25) is 9.59 Å². The molecule has 2 N–H and O–H groups in total. The van der Waals surface area contributed by atoms with Gasteiger partial charge in [0.05, 0.1) is 0 Å². The fraction of sp³-hybridized carbons (Fsp3) is 0.500. The van der Waals surface area contributed by atoms with E-state index in [2.05, 4.69) is 5.32 Å². The van der Waals surface area contributed by atoms with Gasteiger partial charge in [-0.1, -0.05) is 18.0 Å². The molecular weight excluding hydrogens is 306 g/mol. The van der Waals surface area contributed by atoms with E-state index in [0.717, 1.165) is 18.4 Å². The second kappa shape index (κ2) is 9.30. The highest BCUT2D eigenvalue weighted by Gasteiger charge is 2.14. The average molecular weight is 328 g/mol. The van der Waals surface area contributed by atoms with Crippen molar-refractivity contribution >= 4 is 23.5 Å². The van der Waals surface area contributed by atoms with Crippen molar-refractivity contribution < 1.29 is 19.4 Å². The maximum atomic E-state index is 11.9. The number of unbranched alkanes of at least 4 members (excludes halogenated alkanes) is 2. The molecule has 1 amide bonds. The molecule has 5 nitrogen and oxygen atoms in total. The van der Waals surface area contributed by atoms with Crippen LogP contribution in [0.3, 0.4) is 0 Å². The van der Waals surface area contributed by atoms with E-state index >= 15 is 0 Å². The predicted molar refractivity (Wildman–Crippen MR) is 85.4 cm³/mol. The molecule has 0 heterocycles. The van der Waals surface area contributed by atoms with Gasteiger partial charge < -0.3 is 15.2 Å². The summed E-state index contributed by atoms with van der Waals surface area (Å²) in [6.07, 6.45) is 1.73. The number of hydrogen-bond donors (Lipinski definition) is 2. The number of carbonyl (C=O) groups excluding carboxylic acids is 1. The first-order valence-electron chi connectivity index (χ1n) is 7.32. The van der Waals surface area contributed by atoms with Crippen LogP contribution in [0.4, 0.5) is 0 Å². The van der Waals surface area contributed by atoms with Crippen molar-refractivity contribution in [3.8, 4) is 5.75 Å². The highest BCUT2D eigenvalue weighted by Crippen LogP contribution is 2.21. The lowest BCUT2D eigenvalue weighted by molar-refractivity contribution is -0.137. The summed E-state index contributed by atoms with van der Waals surface area (Å²) in [4.78, 5) is 22.2. The summed E-state index contributed by atoms with van der Waals surface area (Å²) in [5, 5.41) is 12.0. The zero-order valence-electron chi connectivity index (χ0n) is 12.9. The van der Waals surface area contributed by atoms with E-state index in [1.807, 2.05) is 6.92 Å². The fourth-order valence-electron chi connectivity index (χ4n) is 1.88. The van der Waals surface area contributed by atoms with Crippen LogP contribution in [0.15, 0.2) is 18.2 Å². The van der Waals surface area contributed by atoms with E-state index in [0.29, 0.717) is 23.7 Å². The molecule has 1 unspecified atom stereocenters. The molecule has 0 aliphatic rings. The molecule has 0 aliphatic heterocycles. The second-order valence-electron chi connectivity index (χ2n) is 5.17. The fourth-order valence-corrected chi connectivity index (χ4v) is 2.00. The van der Waals surface area contributed by atoms with E-state index in [1.165, 1.54) is 0 Å². The molecule has 122 valence electrons. The molecule has 1 aromatic carbocycles. The molecule has 0 fully saturated rings. The minimum atomic E-state index is -0.788. The number of benzene rings is 1. The van der Waals surface area contributed by atoms with Gasteiger partial charge in [-0.05, 0) is 50.5 Å². The van der Waals surface area contributed by atoms with E-state index in [1.54, 1.807) is 25.1 Å². The Bertz CT molecular complexity index is 519. The van der Waals surface area contributed by atoms with Crippen molar-refractivity contribution in [1.82, 2.24) is 5.32 Å². The van der Waals surface area contributed by atoms with Crippen molar-refractivity contribution in [3.05, 3.63) is 28.8 Å². The number of carboxylic acids is 1. The number of aryl methyl sites for hydroxylation is 1.